The number of likely N-dealkylation sites (tertiary alicyclic amines) is 1. The fraction of sp³-hybridized carbons (Fsp3) is 0.435. The Morgan fingerprint density at radius 2 is 1.64 bits per heavy atom. The van der Waals surface area contributed by atoms with Crippen LogP contribution in [0.2, 0.25) is 0 Å². The predicted molar refractivity (Wildman–Crippen MR) is 130 cm³/mol. The van der Waals surface area contributed by atoms with Gasteiger partial charge in [-0.05, 0) is 43.5 Å². The van der Waals surface area contributed by atoms with Crippen LogP contribution in [-0.2, 0) is 0 Å². The summed E-state index contributed by atoms with van der Waals surface area (Å²) in [7, 11) is 4.06. The standard InChI is InChI=1S/C23H32N4.HI/c1-24-23(25-16-19-10-9-15-27(2)18-19)26-17-22(20-11-5-3-6-12-20)21-13-7-4-8-14-21;/h3-8,11-14,19,22H,9-10,15-18H2,1-2H3,(H2,24,25,26);1H. The number of hydrogen-bond acceptors (Lipinski definition) is 2. The zero-order chi connectivity index (χ0) is 18.9. The molecule has 2 N–H and O–H groups in total. The van der Waals surface area contributed by atoms with Gasteiger partial charge in [0.15, 0.2) is 5.96 Å². The summed E-state index contributed by atoms with van der Waals surface area (Å²) in [5, 5.41) is 7.07. The van der Waals surface area contributed by atoms with Gasteiger partial charge in [0.2, 0.25) is 0 Å². The van der Waals surface area contributed by atoms with Crippen molar-refractivity contribution in [2.45, 2.75) is 18.8 Å². The van der Waals surface area contributed by atoms with Crippen molar-refractivity contribution >= 4 is 29.9 Å². The molecule has 1 unspecified atom stereocenters. The van der Waals surface area contributed by atoms with Crippen LogP contribution in [-0.4, -0.2) is 51.1 Å². The van der Waals surface area contributed by atoms with Crippen LogP contribution in [0.15, 0.2) is 65.7 Å². The van der Waals surface area contributed by atoms with Crippen molar-refractivity contribution < 1.29 is 0 Å². The first-order chi connectivity index (χ1) is 13.3. The maximum atomic E-state index is 4.43. The third-order valence-corrected chi connectivity index (χ3v) is 5.38. The molecule has 3 rings (SSSR count). The second-order valence-electron chi connectivity index (χ2n) is 7.48. The molecule has 4 nitrogen and oxygen atoms in total. The van der Waals surface area contributed by atoms with Gasteiger partial charge in [-0.2, -0.15) is 0 Å². The van der Waals surface area contributed by atoms with Crippen molar-refractivity contribution in [3.8, 4) is 0 Å². The van der Waals surface area contributed by atoms with E-state index in [9.17, 15) is 0 Å². The molecule has 152 valence electrons. The highest BCUT2D eigenvalue weighted by Gasteiger charge is 2.18. The highest BCUT2D eigenvalue weighted by Crippen LogP contribution is 2.23. The zero-order valence-electron chi connectivity index (χ0n) is 17.0. The van der Waals surface area contributed by atoms with Crippen molar-refractivity contribution in [1.82, 2.24) is 15.5 Å². The number of halogens is 1. The number of benzene rings is 2. The second kappa shape index (κ2) is 12.1. The number of aliphatic imine (C=N–C) groups is 1. The van der Waals surface area contributed by atoms with Gasteiger partial charge >= 0.3 is 0 Å². The molecular weight excluding hydrogens is 459 g/mol. The minimum absolute atomic E-state index is 0. The van der Waals surface area contributed by atoms with Crippen LogP contribution in [0.4, 0.5) is 0 Å². The molecule has 1 heterocycles. The van der Waals surface area contributed by atoms with Gasteiger partial charge in [0.1, 0.15) is 0 Å². The Morgan fingerprint density at radius 1 is 1.04 bits per heavy atom. The van der Waals surface area contributed by atoms with E-state index < -0.39 is 0 Å². The fourth-order valence-corrected chi connectivity index (χ4v) is 3.90. The third kappa shape index (κ3) is 6.78. The van der Waals surface area contributed by atoms with E-state index in [1.807, 2.05) is 7.05 Å². The minimum atomic E-state index is 0. The smallest absolute Gasteiger partial charge is 0.191 e. The molecule has 28 heavy (non-hydrogen) atoms. The summed E-state index contributed by atoms with van der Waals surface area (Å²) >= 11 is 0. The molecule has 0 amide bonds. The molecule has 2 aromatic carbocycles. The quantitative estimate of drug-likeness (QED) is 0.365. The van der Waals surface area contributed by atoms with Gasteiger partial charge in [-0.3, -0.25) is 4.99 Å². The van der Waals surface area contributed by atoms with Crippen molar-refractivity contribution in [2.75, 3.05) is 40.3 Å². The first kappa shape index (κ1) is 22.7. The van der Waals surface area contributed by atoms with Crippen molar-refractivity contribution in [3.05, 3.63) is 71.8 Å². The number of guanidine groups is 1. The Balaban J connectivity index is 0.00000280. The molecule has 1 aliphatic heterocycles. The van der Waals surface area contributed by atoms with Crippen LogP contribution < -0.4 is 10.6 Å². The van der Waals surface area contributed by atoms with Crippen LogP contribution >= 0.6 is 24.0 Å². The molecule has 0 saturated carbocycles. The number of nitrogens with one attached hydrogen (secondary N) is 2. The largest absolute Gasteiger partial charge is 0.356 e. The average Bonchev–Trinajstić information content (AvgIpc) is 2.72. The fourth-order valence-electron chi connectivity index (χ4n) is 3.90. The van der Waals surface area contributed by atoms with Crippen LogP contribution in [0, 0.1) is 5.92 Å². The first-order valence-electron chi connectivity index (χ1n) is 9.99. The number of nitrogens with zero attached hydrogens (tertiary/aromatic N) is 2. The first-order valence-corrected chi connectivity index (χ1v) is 9.99. The van der Waals surface area contributed by atoms with Gasteiger partial charge in [0.25, 0.3) is 0 Å². The molecule has 2 aromatic rings. The molecular formula is C23H33IN4. The third-order valence-electron chi connectivity index (χ3n) is 5.38. The lowest BCUT2D eigenvalue weighted by atomic mass is 9.91. The molecule has 1 saturated heterocycles. The molecule has 1 aliphatic rings. The van der Waals surface area contributed by atoms with E-state index in [0.717, 1.165) is 19.0 Å². The van der Waals surface area contributed by atoms with Gasteiger partial charge < -0.3 is 15.5 Å². The van der Waals surface area contributed by atoms with Crippen LogP contribution in [0.3, 0.4) is 0 Å². The Hall–Kier alpha value is -1.60. The van der Waals surface area contributed by atoms with Gasteiger partial charge in [-0.25, -0.2) is 0 Å². The summed E-state index contributed by atoms with van der Waals surface area (Å²) in [5.74, 6) is 1.88. The maximum Gasteiger partial charge on any atom is 0.191 e. The van der Waals surface area contributed by atoms with E-state index in [2.05, 4.69) is 88.2 Å². The highest BCUT2D eigenvalue weighted by atomic mass is 127. The SMILES string of the molecule is CN=C(NCC1CCCN(C)C1)NCC(c1ccccc1)c1ccccc1.I. The second-order valence-corrected chi connectivity index (χ2v) is 7.48. The molecule has 0 radical (unpaired) electrons. The van der Waals surface area contributed by atoms with Gasteiger partial charge in [0, 0.05) is 32.6 Å². The maximum absolute atomic E-state index is 4.43. The summed E-state index contributed by atoms with van der Waals surface area (Å²) in [6, 6.07) is 21.4. The van der Waals surface area contributed by atoms with E-state index >= 15 is 0 Å². The van der Waals surface area contributed by atoms with E-state index in [0.29, 0.717) is 11.8 Å². The van der Waals surface area contributed by atoms with Crippen molar-refractivity contribution in [1.29, 1.82) is 0 Å². The van der Waals surface area contributed by atoms with Crippen LogP contribution in [0.25, 0.3) is 0 Å². The molecule has 0 aromatic heterocycles. The molecule has 0 bridgehead atoms. The lowest BCUT2D eigenvalue weighted by molar-refractivity contribution is 0.210. The van der Waals surface area contributed by atoms with E-state index in [1.54, 1.807) is 0 Å². The van der Waals surface area contributed by atoms with Crippen LogP contribution in [0.5, 0.6) is 0 Å². The highest BCUT2D eigenvalue weighted by molar-refractivity contribution is 14.0. The lowest BCUT2D eigenvalue weighted by Crippen LogP contribution is -2.44. The Labute approximate surface area is 186 Å². The normalized spacial score (nSPS) is 17.8. The molecule has 1 atom stereocenters. The average molecular weight is 492 g/mol. The van der Waals surface area contributed by atoms with Crippen molar-refractivity contribution in [2.24, 2.45) is 10.9 Å². The zero-order valence-corrected chi connectivity index (χ0v) is 19.3. The van der Waals surface area contributed by atoms with Crippen molar-refractivity contribution in [3.63, 3.8) is 0 Å². The monoisotopic (exact) mass is 492 g/mol. The summed E-state index contributed by atoms with van der Waals surface area (Å²) in [5.41, 5.74) is 2.64. The van der Waals surface area contributed by atoms with Crippen LogP contribution in [0.1, 0.15) is 29.9 Å². The number of piperidine rings is 1. The predicted octanol–water partition coefficient (Wildman–Crippen LogP) is 3.94. The van der Waals surface area contributed by atoms with E-state index in [-0.39, 0.29) is 24.0 Å². The Bertz CT molecular complexity index is 666. The number of hydrogen-bond donors (Lipinski definition) is 2. The Morgan fingerprint density at radius 3 is 2.18 bits per heavy atom. The molecule has 0 aliphatic carbocycles. The molecule has 1 fully saturated rings. The minimum Gasteiger partial charge on any atom is -0.356 e. The Kier molecular flexibility index (Phi) is 9.78. The summed E-state index contributed by atoms with van der Waals surface area (Å²) in [4.78, 5) is 6.86. The van der Waals surface area contributed by atoms with Gasteiger partial charge in [-0.15, -0.1) is 24.0 Å². The van der Waals surface area contributed by atoms with E-state index in [1.165, 1.54) is 37.1 Å². The number of rotatable bonds is 6. The summed E-state index contributed by atoms with van der Waals surface area (Å²) < 4.78 is 0. The summed E-state index contributed by atoms with van der Waals surface area (Å²) in [6.07, 6.45) is 2.59. The lowest BCUT2D eigenvalue weighted by Gasteiger charge is -2.30. The molecule has 0 spiro atoms. The summed E-state index contributed by atoms with van der Waals surface area (Å²) in [6.45, 7) is 4.18. The molecule has 5 heteroatoms. The van der Waals surface area contributed by atoms with Gasteiger partial charge in [0.05, 0.1) is 0 Å². The van der Waals surface area contributed by atoms with Gasteiger partial charge in [-0.1, -0.05) is 60.7 Å². The topological polar surface area (TPSA) is 39.7 Å². The van der Waals surface area contributed by atoms with E-state index in [4.69, 9.17) is 0 Å².